The van der Waals surface area contributed by atoms with Crippen molar-refractivity contribution in [3.05, 3.63) is 0 Å². The van der Waals surface area contributed by atoms with E-state index in [1.165, 1.54) is 13.8 Å². The molecule has 5 heteroatoms. The van der Waals surface area contributed by atoms with E-state index < -0.39 is 0 Å². The van der Waals surface area contributed by atoms with Crippen LogP contribution in [0.1, 0.15) is 67.2 Å². The second-order valence-electron chi connectivity index (χ2n) is 6.03. The van der Waals surface area contributed by atoms with Crippen LogP contribution in [0.2, 0.25) is 0 Å². The molecule has 0 atom stereocenters. The zero-order valence-corrected chi connectivity index (χ0v) is 14.9. The average Bonchev–Trinajstić information content (AvgIpc) is 2.11. The van der Waals surface area contributed by atoms with Crippen molar-refractivity contribution in [1.82, 2.24) is 0 Å². The zero-order valence-electron chi connectivity index (χ0n) is 13.9. The molecule has 4 nitrogen and oxygen atoms in total. The summed E-state index contributed by atoms with van der Waals surface area (Å²) in [6.45, 7) is 10.8. The molecule has 0 aliphatic carbocycles. The van der Waals surface area contributed by atoms with Crippen LogP contribution in [0.3, 0.4) is 0 Å². The number of carbonyl (C=O) groups excluding carboxylic acids is 4. The van der Waals surface area contributed by atoms with Crippen molar-refractivity contribution in [1.29, 1.82) is 0 Å². The second kappa shape index (κ2) is 14.2. The summed E-state index contributed by atoms with van der Waals surface area (Å²) in [5.41, 5.74) is 0. The maximum Gasteiger partial charge on any atom is 0.140 e. The molecule has 0 amide bonds. The Labute approximate surface area is 138 Å². The van der Waals surface area contributed by atoms with E-state index in [2.05, 4.69) is 0 Å². The topological polar surface area (TPSA) is 68.3 Å². The van der Waals surface area contributed by atoms with Crippen LogP contribution in [-0.2, 0) is 36.2 Å². The van der Waals surface area contributed by atoms with Gasteiger partial charge in [0, 0.05) is 29.9 Å². The number of ketones is 4. The number of hydrogen-bond acceptors (Lipinski definition) is 4. The Morgan fingerprint density at radius 2 is 0.905 bits per heavy atom. The van der Waals surface area contributed by atoms with Crippen LogP contribution in [0.15, 0.2) is 0 Å². The Bertz CT molecular complexity index is 312. The van der Waals surface area contributed by atoms with Crippen LogP contribution < -0.4 is 0 Å². The standard InChI is InChI=1S/2C8H14O2.Cu/c2*1-6(2)4-8(10)5-7(3)9;/h2*6H,4-5H2,1-3H3;. The zero-order chi connectivity index (χ0) is 16.3. The Morgan fingerprint density at radius 3 is 1.05 bits per heavy atom. The Morgan fingerprint density at radius 1 is 0.667 bits per heavy atom. The van der Waals surface area contributed by atoms with E-state index in [1.807, 2.05) is 27.7 Å². The third kappa shape index (κ3) is 24.6. The van der Waals surface area contributed by atoms with Crippen molar-refractivity contribution in [2.75, 3.05) is 0 Å². The van der Waals surface area contributed by atoms with E-state index in [-0.39, 0.29) is 53.0 Å². The van der Waals surface area contributed by atoms with E-state index in [9.17, 15) is 19.2 Å². The van der Waals surface area contributed by atoms with Crippen molar-refractivity contribution >= 4 is 23.1 Å². The van der Waals surface area contributed by atoms with E-state index in [0.29, 0.717) is 24.7 Å². The van der Waals surface area contributed by atoms with Gasteiger partial charge >= 0.3 is 0 Å². The summed E-state index contributed by atoms with van der Waals surface area (Å²) in [7, 11) is 0. The molecule has 0 aliphatic rings. The van der Waals surface area contributed by atoms with E-state index in [1.54, 1.807) is 0 Å². The third-order valence-electron chi connectivity index (χ3n) is 2.16. The van der Waals surface area contributed by atoms with Gasteiger partial charge in [-0.2, -0.15) is 0 Å². The molecular weight excluding hydrogens is 320 g/mol. The van der Waals surface area contributed by atoms with Gasteiger partial charge in [0.2, 0.25) is 0 Å². The minimum absolute atomic E-state index is 0. The maximum absolute atomic E-state index is 10.8. The minimum Gasteiger partial charge on any atom is -0.300 e. The summed E-state index contributed by atoms with van der Waals surface area (Å²) < 4.78 is 0. The average molecular weight is 348 g/mol. The van der Waals surface area contributed by atoms with Gasteiger partial charge in [-0.25, -0.2) is 0 Å². The fraction of sp³-hybridized carbons (Fsp3) is 0.750. The van der Waals surface area contributed by atoms with E-state index in [0.717, 1.165) is 0 Å². The van der Waals surface area contributed by atoms with Crippen LogP contribution in [0.5, 0.6) is 0 Å². The van der Waals surface area contributed by atoms with Crippen LogP contribution in [0, 0.1) is 11.8 Å². The molecule has 0 rings (SSSR count). The quantitative estimate of drug-likeness (QED) is 0.499. The largest absolute Gasteiger partial charge is 0.300 e. The molecule has 0 spiro atoms. The summed E-state index contributed by atoms with van der Waals surface area (Å²) in [6.07, 6.45) is 1.27. The summed E-state index contributed by atoms with van der Waals surface area (Å²) in [5, 5.41) is 0. The van der Waals surface area contributed by atoms with Crippen molar-refractivity contribution in [2.45, 2.75) is 67.2 Å². The molecule has 0 saturated carbocycles. The van der Waals surface area contributed by atoms with Crippen molar-refractivity contribution in [3.8, 4) is 0 Å². The molecule has 0 fully saturated rings. The van der Waals surface area contributed by atoms with Crippen molar-refractivity contribution in [2.24, 2.45) is 11.8 Å². The van der Waals surface area contributed by atoms with E-state index >= 15 is 0 Å². The first-order chi connectivity index (χ1) is 9.04. The molecule has 21 heavy (non-hydrogen) atoms. The Kier molecular flexibility index (Phi) is 17.0. The molecule has 0 aromatic rings. The monoisotopic (exact) mass is 347 g/mol. The van der Waals surface area contributed by atoms with Gasteiger partial charge < -0.3 is 0 Å². The first kappa shape index (κ1) is 25.2. The molecule has 127 valence electrons. The van der Waals surface area contributed by atoms with Crippen LogP contribution in [-0.4, -0.2) is 23.1 Å². The summed E-state index contributed by atoms with van der Waals surface area (Å²) in [5.74, 6) is 0.778. The van der Waals surface area contributed by atoms with Gasteiger partial charge in [0.15, 0.2) is 0 Å². The van der Waals surface area contributed by atoms with Gasteiger partial charge in [0.05, 0.1) is 12.8 Å². The van der Waals surface area contributed by atoms with Crippen molar-refractivity contribution in [3.63, 3.8) is 0 Å². The molecule has 0 unspecified atom stereocenters. The molecule has 1 radical (unpaired) electrons. The summed E-state index contributed by atoms with van der Waals surface area (Å²) in [6, 6.07) is 0. The second-order valence-corrected chi connectivity index (χ2v) is 6.03. The first-order valence-corrected chi connectivity index (χ1v) is 7.06. The number of rotatable bonds is 8. The molecule has 0 aromatic heterocycles. The molecular formula is C16H28CuO4. The van der Waals surface area contributed by atoms with Crippen LogP contribution in [0.4, 0.5) is 0 Å². The predicted octanol–water partition coefficient (Wildman–Crippen LogP) is 3.16. The summed E-state index contributed by atoms with van der Waals surface area (Å²) in [4.78, 5) is 42.5. The molecule has 0 N–H and O–H groups in total. The fourth-order valence-electron chi connectivity index (χ4n) is 1.61. The summed E-state index contributed by atoms with van der Waals surface area (Å²) >= 11 is 0. The predicted molar refractivity (Wildman–Crippen MR) is 79.5 cm³/mol. The fourth-order valence-corrected chi connectivity index (χ4v) is 1.61. The normalized spacial score (nSPS) is 9.52. The smallest absolute Gasteiger partial charge is 0.140 e. The number of hydrogen-bond donors (Lipinski definition) is 0. The van der Waals surface area contributed by atoms with Gasteiger partial charge in [-0.15, -0.1) is 0 Å². The van der Waals surface area contributed by atoms with E-state index in [4.69, 9.17) is 0 Å². The molecule has 0 saturated heterocycles. The van der Waals surface area contributed by atoms with Gasteiger partial charge in [0.1, 0.15) is 23.1 Å². The van der Waals surface area contributed by atoms with Crippen LogP contribution >= 0.6 is 0 Å². The van der Waals surface area contributed by atoms with Gasteiger partial charge in [-0.05, 0) is 25.7 Å². The Hall–Kier alpha value is -0.801. The van der Waals surface area contributed by atoms with Gasteiger partial charge in [0.25, 0.3) is 0 Å². The molecule has 0 aromatic carbocycles. The van der Waals surface area contributed by atoms with Gasteiger partial charge in [-0.1, -0.05) is 27.7 Å². The van der Waals surface area contributed by atoms with Crippen LogP contribution in [0.25, 0.3) is 0 Å². The maximum atomic E-state index is 10.8. The molecule has 0 heterocycles. The third-order valence-corrected chi connectivity index (χ3v) is 2.16. The molecule has 0 aliphatic heterocycles. The SMILES string of the molecule is CC(=O)CC(=O)CC(C)C.CC(=O)CC(=O)CC(C)C.[Cu]. The number of Topliss-reactive ketones (excluding diaryl/α,β-unsaturated/α-hetero) is 4. The number of carbonyl (C=O) groups is 4. The first-order valence-electron chi connectivity index (χ1n) is 7.06. The van der Waals surface area contributed by atoms with Crippen molar-refractivity contribution < 1.29 is 36.2 Å². The molecule has 0 bridgehead atoms. The Balaban J connectivity index is -0.000000295. The van der Waals surface area contributed by atoms with Gasteiger partial charge in [-0.3, -0.25) is 19.2 Å². The minimum atomic E-state index is -0.0364.